The monoisotopic (exact) mass is 410 g/mol. The van der Waals surface area contributed by atoms with E-state index < -0.39 is 0 Å². The summed E-state index contributed by atoms with van der Waals surface area (Å²) in [6, 6.07) is 5.98. The van der Waals surface area contributed by atoms with Crippen LogP contribution in [0.15, 0.2) is 22.7 Å². The van der Waals surface area contributed by atoms with Crippen LogP contribution in [0.25, 0.3) is 0 Å². The third-order valence-corrected chi connectivity index (χ3v) is 3.55. The lowest BCUT2D eigenvalue weighted by Crippen LogP contribution is -2.30. The highest BCUT2D eigenvalue weighted by Gasteiger charge is 2.03. The number of rotatable bonds is 6. The first-order valence-electron chi connectivity index (χ1n) is 5.59. The number of nitrogens with one attached hydrogen (secondary N) is 2. The molecule has 3 nitrogen and oxygen atoms in total. The molecule has 17 heavy (non-hydrogen) atoms. The molecule has 0 spiro atoms. The third kappa shape index (κ3) is 5.72. The Labute approximate surface area is 124 Å². The Balaban J connectivity index is 2.37. The minimum atomic E-state index is 0.0314. The Morgan fingerprint density at radius 3 is 2.88 bits per heavy atom. The fourth-order valence-electron chi connectivity index (χ4n) is 1.28. The van der Waals surface area contributed by atoms with Crippen molar-refractivity contribution in [3.63, 3.8) is 0 Å². The van der Waals surface area contributed by atoms with E-state index >= 15 is 0 Å². The first-order chi connectivity index (χ1) is 8.13. The number of halogens is 2. The fraction of sp³-hybridized carbons (Fsp3) is 0.417. The molecule has 2 N–H and O–H groups in total. The van der Waals surface area contributed by atoms with E-state index in [0.717, 1.165) is 33.1 Å². The Hall–Kier alpha value is -0.300. The number of benzene rings is 1. The first-order valence-corrected chi connectivity index (χ1v) is 7.46. The first kappa shape index (κ1) is 14.8. The molecule has 0 saturated heterocycles. The molecule has 0 aromatic heterocycles. The molecule has 0 atom stereocenters. The Morgan fingerprint density at radius 1 is 1.47 bits per heavy atom. The summed E-state index contributed by atoms with van der Waals surface area (Å²) in [5, 5.41) is 5.97. The van der Waals surface area contributed by atoms with E-state index in [-0.39, 0.29) is 5.91 Å². The van der Waals surface area contributed by atoms with Gasteiger partial charge in [-0.1, -0.05) is 13.3 Å². The lowest BCUT2D eigenvalue weighted by molar-refractivity contribution is -0.119. The largest absolute Gasteiger partial charge is 0.375 e. The van der Waals surface area contributed by atoms with Gasteiger partial charge in [0.2, 0.25) is 5.91 Å². The summed E-state index contributed by atoms with van der Waals surface area (Å²) in [7, 11) is 0. The number of amides is 1. The predicted octanol–water partition coefficient (Wildman–Crippen LogP) is 3.38. The van der Waals surface area contributed by atoms with Gasteiger partial charge in [0.25, 0.3) is 0 Å². The van der Waals surface area contributed by atoms with Gasteiger partial charge in [-0.3, -0.25) is 4.79 Å². The van der Waals surface area contributed by atoms with Gasteiger partial charge < -0.3 is 10.6 Å². The maximum atomic E-state index is 11.5. The van der Waals surface area contributed by atoms with E-state index in [1.807, 2.05) is 18.2 Å². The zero-order chi connectivity index (χ0) is 12.7. The van der Waals surface area contributed by atoms with Crippen molar-refractivity contribution < 1.29 is 4.79 Å². The van der Waals surface area contributed by atoms with Gasteiger partial charge in [-0.2, -0.15) is 0 Å². The second kappa shape index (κ2) is 7.92. The second-order valence-corrected chi connectivity index (χ2v) is 5.78. The van der Waals surface area contributed by atoms with E-state index in [9.17, 15) is 4.79 Å². The van der Waals surface area contributed by atoms with Crippen LogP contribution in [-0.2, 0) is 4.79 Å². The number of hydrogen-bond acceptors (Lipinski definition) is 2. The van der Waals surface area contributed by atoms with Gasteiger partial charge in [0, 0.05) is 20.3 Å². The molecule has 0 aliphatic rings. The Bertz CT molecular complexity index is 385. The summed E-state index contributed by atoms with van der Waals surface area (Å²) in [5.74, 6) is 0.0314. The number of unbranched alkanes of at least 4 members (excludes halogenated alkanes) is 1. The van der Waals surface area contributed by atoms with Crippen molar-refractivity contribution in [3.05, 3.63) is 26.2 Å². The van der Waals surface area contributed by atoms with E-state index in [1.54, 1.807) is 0 Å². The molecule has 1 rings (SSSR count). The molecular formula is C12H16BrIN2O. The molecule has 94 valence electrons. The Morgan fingerprint density at radius 2 is 2.24 bits per heavy atom. The molecule has 0 unspecified atom stereocenters. The van der Waals surface area contributed by atoms with E-state index in [2.05, 4.69) is 56.1 Å². The van der Waals surface area contributed by atoms with Crippen LogP contribution in [0.2, 0.25) is 0 Å². The average Bonchev–Trinajstić information content (AvgIpc) is 2.28. The molecule has 1 aromatic rings. The van der Waals surface area contributed by atoms with E-state index in [4.69, 9.17) is 0 Å². The van der Waals surface area contributed by atoms with Crippen molar-refractivity contribution >= 4 is 50.1 Å². The zero-order valence-electron chi connectivity index (χ0n) is 9.72. The standard InChI is InChI=1S/C12H16BrIN2O/c1-2-3-6-15-12(17)8-16-11-5-4-9(14)7-10(11)13/h4-5,7,16H,2-3,6,8H2,1H3,(H,15,17). The highest BCUT2D eigenvalue weighted by molar-refractivity contribution is 14.1. The maximum absolute atomic E-state index is 11.5. The van der Waals surface area contributed by atoms with Gasteiger partial charge in [0.1, 0.15) is 0 Å². The van der Waals surface area contributed by atoms with Gasteiger partial charge in [-0.25, -0.2) is 0 Å². The molecule has 0 fully saturated rings. The molecule has 0 radical (unpaired) electrons. The van der Waals surface area contributed by atoms with Crippen LogP contribution in [0.5, 0.6) is 0 Å². The minimum Gasteiger partial charge on any atom is -0.375 e. The van der Waals surface area contributed by atoms with Crippen molar-refractivity contribution in [3.8, 4) is 0 Å². The van der Waals surface area contributed by atoms with Crippen molar-refractivity contribution in [2.75, 3.05) is 18.4 Å². The molecule has 5 heteroatoms. The predicted molar refractivity (Wildman–Crippen MR) is 83.3 cm³/mol. The summed E-state index contributed by atoms with van der Waals surface area (Å²) in [6.07, 6.45) is 2.12. The molecule has 1 amide bonds. The molecule has 0 saturated carbocycles. The van der Waals surface area contributed by atoms with Crippen LogP contribution in [-0.4, -0.2) is 19.0 Å². The van der Waals surface area contributed by atoms with Gasteiger partial charge in [-0.05, 0) is 63.1 Å². The number of anilines is 1. The van der Waals surface area contributed by atoms with Gasteiger partial charge >= 0.3 is 0 Å². The smallest absolute Gasteiger partial charge is 0.239 e. The summed E-state index contributed by atoms with van der Waals surface area (Å²) < 4.78 is 2.14. The lowest BCUT2D eigenvalue weighted by atomic mass is 10.3. The Kier molecular flexibility index (Phi) is 6.87. The second-order valence-electron chi connectivity index (χ2n) is 3.68. The van der Waals surface area contributed by atoms with Gasteiger partial charge in [-0.15, -0.1) is 0 Å². The fourth-order valence-corrected chi connectivity index (χ4v) is 2.71. The SMILES string of the molecule is CCCCNC(=O)CNc1ccc(I)cc1Br. The summed E-state index contributed by atoms with van der Waals surface area (Å²) >= 11 is 5.71. The van der Waals surface area contributed by atoms with Gasteiger partial charge in [0.15, 0.2) is 0 Å². The van der Waals surface area contributed by atoms with Crippen LogP contribution in [0.3, 0.4) is 0 Å². The molecule has 1 aromatic carbocycles. The van der Waals surface area contributed by atoms with Crippen LogP contribution in [0, 0.1) is 3.57 Å². The summed E-state index contributed by atoms with van der Waals surface area (Å²) in [6.45, 7) is 3.17. The highest BCUT2D eigenvalue weighted by Crippen LogP contribution is 2.23. The normalized spacial score (nSPS) is 10.1. The molecule has 0 aliphatic carbocycles. The van der Waals surface area contributed by atoms with E-state index in [0.29, 0.717) is 6.54 Å². The minimum absolute atomic E-state index is 0.0314. The zero-order valence-corrected chi connectivity index (χ0v) is 13.5. The third-order valence-electron chi connectivity index (χ3n) is 2.22. The van der Waals surface area contributed by atoms with Crippen molar-refractivity contribution in [1.82, 2.24) is 5.32 Å². The quantitative estimate of drug-likeness (QED) is 0.557. The molecule has 0 heterocycles. The van der Waals surface area contributed by atoms with E-state index in [1.165, 1.54) is 0 Å². The topological polar surface area (TPSA) is 41.1 Å². The lowest BCUT2D eigenvalue weighted by Gasteiger charge is -2.09. The van der Waals surface area contributed by atoms with Crippen molar-refractivity contribution in [2.45, 2.75) is 19.8 Å². The number of carbonyl (C=O) groups is 1. The highest BCUT2D eigenvalue weighted by atomic mass is 127. The van der Waals surface area contributed by atoms with Crippen LogP contribution >= 0.6 is 38.5 Å². The van der Waals surface area contributed by atoms with Crippen LogP contribution < -0.4 is 10.6 Å². The molecular weight excluding hydrogens is 395 g/mol. The summed E-state index contributed by atoms with van der Waals surface area (Å²) in [4.78, 5) is 11.5. The van der Waals surface area contributed by atoms with Crippen LogP contribution in [0.1, 0.15) is 19.8 Å². The molecule has 0 bridgehead atoms. The van der Waals surface area contributed by atoms with Crippen LogP contribution in [0.4, 0.5) is 5.69 Å². The number of carbonyl (C=O) groups excluding carboxylic acids is 1. The maximum Gasteiger partial charge on any atom is 0.239 e. The van der Waals surface area contributed by atoms with Crippen molar-refractivity contribution in [2.24, 2.45) is 0 Å². The number of hydrogen-bond donors (Lipinski definition) is 2. The summed E-state index contributed by atoms with van der Waals surface area (Å²) in [5.41, 5.74) is 0.941. The van der Waals surface area contributed by atoms with Crippen molar-refractivity contribution in [1.29, 1.82) is 0 Å². The molecule has 0 aliphatic heterocycles. The average molecular weight is 411 g/mol. The van der Waals surface area contributed by atoms with Gasteiger partial charge in [0.05, 0.1) is 6.54 Å².